The molecule has 1 aromatic rings. The van der Waals surface area contributed by atoms with Crippen molar-refractivity contribution >= 4 is 0 Å². The Morgan fingerprint density at radius 1 is 1.26 bits per heavy atom. The lowest BCUT2D eigenvalue weighted by atomic mass is 9.86. The second kappa shape index (κ2) is 4.49. The Kier molecular flexibility index (Phi) is 3.06. The predicted molar refractivity (Wildman–Crippen MR) is 64.6 cm³/mol. The molecule has 1 saturated heterocycles. The third-order valence-corrected chi connectivity index (χ3v) is 3.98. The van der Waals surface area contributed by atoms with Crippen molar-refractivity contribution in [2.45, 2.75) is 50.7 Å². The summed E-state index contributed by atoms with van der Waals surface area (Å²) in [6.07, 6.45) is -2.21. The van der Waals surface area contributed by atoms with Gasteiger partial charge in [0.2, 0.25) is 0 Å². The highest BCUT2D eigenvalue weighted by atomic mass is 19.4. The molecule has 0 unspecified atom stereocenters. The maximum Gasteiger partial charge on any atom is 0.416 e. The highest BCUT2D eigenvalue weighted by Crippen LogP contribution is 2.38. The van der Waals surface area contributed by atoms with Crippen LogP contribution in [0.4, 0.5) is 13.2 Å². The molecule has 19 heavy (non-hydrogen) atoms. The first kappa shape index (κ1) is 12.9. The summed E-state index contributed by atoms with van der Waals surface area (Å²) >= 11 is 0. The van der Waals surface area contributed by atoms with Crippen LogP contribution >= 0.6 is 0 Å². The fraction of sp³-hybridized carbons (Fsp3) is 0.571. The molecule has 1 N–H and O–H groups in total. The van der Waals surface area contributed by atoms with Gasteiger partial charge in [0, 0.05) is 6.04 Å². The van der Waals surface area contributed by atoms with Crippen molar-refractivity contribution < 1.29 is 17.9 Å². The van der Waals surface area contributed by atoms with Crippen molar-refractivity contribution in [3.63, 3.8) is 0 Å². The van der Waals surface area contributed by atoms with Crippen molar-refractivity contribution in [2.24, 2.45) is 0 Å². The lowest BCUT2D eigenvalue weighted by Crippen LogP contribution is -2.46. The van der Waals surface area contributed by atoms with E-state index in [-0.39, 0.29) is 18.8 Å². The van der Waals surface area contributed by atoms with Crippen LogP contribution in [0, 0.1) is 0 Å². The van der Waals surface area contributed by atoms with Gasteiger partial charge >= 0.3 is 6.18 Å². The van der Waals surface area contributed by atoms with Crippen molar-refractivity contribution in [1.29, 1.82) is 0 Å². The first-order valence-electron chi connectivity index (χ1n) is 6.53. The Hall–Kier alpha value is -1.07. The van der Waals surface area contributed by atoms with E-state index in [4.69, 9.17) is 4.74 Å². The molecule has 2 nitrogen and oxygen atoms in total. The molecular weight excluding hydrogens is 255 g/mol. The van der Waals surface area contributed by atoms with Gasteiger partial charge in [-0.25, -0.2) is 0 Å². The minimum absolute atomic E-state index is 0.0229. The molecule has 0 spiro atoms. The van der Waals surface area contributed by atoms with Gasteiger partial charge in [-0.1, -0.05) is 6.07 Å². The van der Waals surface area contributed by atoms with Crippen LogP contribution in [-0.4, -0.2) is 12.1 Å². The summed E-state index contributed by atoms with van der Waals surface area (Å²) in [5, 5.41) is 3.43. The van der Waals surface area contributed by atoms with Gasteiger partial charge in [-0.2, -0.15) is 13.2 Å². The SMILES string of the molecule is C[C@@H]1CC[C@@H]2OCc3cc(C(F)(F)F)ccc3[C@@H]2N1. The van der Waals surface area contributed by atoms with Gasteiger partial charge in [0.25, 0.3) is 0 Å². The van der Waals surface area contributed by atoms with Crippen LogP contribution in [0.25, 0.3) is 0 Å². The second-order valence-electron chi connectivity index (χ2n) is 5.38. The quantitative estimate of drug-likeness (QED) is 0.780. The number of nitrogens with one attached hydrogen (secondary N) is 1. The van der Waals surface area contributed by atoms with E-state index < -0.39 is 11.7 Å². The number of rotatable bonds is 0. The van der Waals surface area contributed by atoms with E-state index in [1.807, 2.05) is 0 Å². The summed E-state index contributed by atoms with van der Waals surface area (Å²) in [6, 6.07) is 4.38. The fourth-order valence-electron chi connectivity index (χ4n) is 2.96. The van der Waals surface area contributed by atoms with Crippen LogP contribution in [0.3, 0.4) is 0 Å². The molecule has 2 aliphatic heterocycles. The van der Waals surface area contributed by atoms with Gasteiger partial charge < -0.3 is 10.1 Å². The number of benzene rings is 1. The van der Waals surface area contributed by atoms with Gasteiger partial charge in [0.05, 0.1) is 24.3 Å². The Balaban J connectivity index is 1.95. The zero-order valence-corrected chi connectivity index (χ0v) is 10.6. The van der Waals surface area contributed by atoms with E-state index >= 15 is 0 Å². The van der Waals surface area contributed by atoms with E-state index in [9.17, 15) is 13.2 Å². The summed E-state index contributed by atoms with van der Waals surface area (Å²) < 4.78 is 43.8. The number of alkyl halides is 3. The Labute approximate surface area is 109 Å². The zero-order valence-electron chi connectivity index (χ0n) is 10.6. The van der Waals surface area contributed by atoms with Crippen LogP contribution in [0.15, 0.2) is 18.2 Å². The van der Waals surface area contributed by atoms with Crippen LogP contribution in [0.5, 0.6) is 0 Å². The third kappa shape index (κ3) is 2.37. The van der Waals surface area contributed by atoms with Gasteiger partial charge in [0.15, 0.2) is 0 Å². The molecule has 2 heterocycles. The lowest BCUT2D eigenvalue weighted by molar-refractivity contribution is -0.137. The maximum atomic E-state index is 12.7. The molecule has 104 valence electrons. The van der Waals surface area contributed by atoms with Crippen LogP contribution in [0.1, 0.15) is 42.5 Å². The molecule has 1 aromatic carbocycles. The van der Waals surface area contributed by atoms with E-state index in [1.165, 1.54) is 12.1 Å². The molecule has 0 aliphatic carbocycles. The maximum absolute atomic E-state index is 12.7. The summed E-state index contributed by atoms with van der Waals surface area (Å²) in [5.74, 6) is 0. The lowest BCUT2D eigenvalue weighted by Gasteiger charge is -2.40. The monoisotopic (exact) mass is 271 g/mol. The number of halogens is 3. The molecule has 2 aliphatic rings. The molecule has 0 bridgehead atoms. The van der Waals surface area contributed by atoms with Crippen molar-refractivity contribution in [1.82, 2.24) is 5.32 Å². The fourth-order valence-corrected chi connectivity index (χ4v) is 2.96. The molecule has 5 heteroatoms. The van der Waals surface area contributed by atoms with Crippen LogP contribution in [-0.2, 0) is 17.5 Å². The summed E-state index contributed by atoms with van der Waals surface area (Å²) in [6.45, 7) is 2.37. The number of piperidine rings is 1. The Morgan fingerprint density at radius 3 is 2.79 bits per heavy atom. The van der Waals surface area contributed by atoms with Crippen molar-refractivity contribution in [2.75, 3.05) is 0 Å². The molecule has 0 radical (unpaired) electrons. The molecule has 3 atom stereocenters. The Morgan fingerprint density at radius 2 is 2.05 bits per heavy atom. The van der Waals surface area contributed by atoms with Crippen molar-refractivity contribution in [3.8, 4) is 0 Å². The normalized spacial score (nSPS) is 30.6. The molecule has 0 amide bonds. The van der Waals surface area contributed by atoms with Gasteiger partial charge in [-0.05, 0) is 43.0 Å². The number of hydrogen-bond acceptors (Lipinski definition) is 2. The first-order chi connectivity index (χ1) is 8.95. The average Bonchev–Trinajstić information content (AvgIpc) is 2.36. The van der Waals surface area contributed by atoms with Crippen molar-refractivity contribution in [3.05, 3.63) is 34.9 Å². The molecule has 0 saturated carbocycles. The molecular formula is C14H16F3NO. The van der Waals surface area contributed by atoms with E-state index in [0.717, 1.165) is 18.4 Å². The standard InChI is InChI=1S/C14H16F3NO/c1-8-2-5-12-13(18-8)11-4-3-10(14(15,16)17)6-9(11)7-19-12/h3-4,6,8,12-13,18H,2,5,7H2,1H3/t8-,12+,13+/m1/s1. The number of ether oxygens (including phenoxy) is 1. The first-order valence-corrected chi connectivity index (χ1v) is 6.53. The topological polar surface area (TPSA) is 21.3 Å². The summed E-state index contributed by atoms with van der Waals surface area (Å²) in [7, 11) is 0. The van der Waals surface area contributed by atoms with E-state index in [2.05, 4.69) is 12.2 Å². The van der Waals surface area contributed by atoms with Gasteiger partial charge in [-0.15, -0.1) is 0 Å². The highest BCUT2D eigenvalue weighted by molar-refractivity contribution is 5.37. The predicted octanol–water partition coefficient (Wildman–Crippen LogP) is 3.42. The molecule has 3 rings (SSSR count). The summed E-state index contributed by atoms with van der Waals surface area (Å²) in [5.41, 5.74) is 1.01. The second-order valence-corrected chi connectivity index (χ2v) is 5.38. The minimum Gasteiger partial charge on any atom is -0.372 e. The third-order valence-electron chi connectivity index (χ3n) is 3.98. The van der Waals surface area contributed by atoms with E-state index in [0.29, 0.717) is 11.6 Å². The smallest absolute Gasteiger partial charge is 0.372 e. The molecule has 1 fully saturated rings. The minimum atomic E-state index is -4.29. The van der Waals surface area contributed by atoms with Crippen LogP contribution in [0.2, 0.25) is 0 Å². The molecule has 0 aromatic heterocycles. The number of fused-ring (bicyclic) bond motifs is 3. The van der Waals surface area contributed by atoms with Gasteiger partial charge in [-0.3, -0.25) is 0 Å². The zero-order chi connectivity index (χ0) is 13.6. The van der Waals surface area contributed by atoms with Gasteiger partial charge in [0.1, 0.15) is 0 Å². The van der Waals surface area contributed by atoms with E-state index in [1.54, 1.807) is 6.07 Å². The average molecular weight is 271 g/mol. The largest absolute Gasteiger partial charge is 0.416 e. The number of hydrogen-bond donors (Lipinski definition) is 1. The summed E-state index contributed by atoms with van der Waals surface area (Å²) in [4.78, 5) is 0. The van der Waals surface area contributed by atoms with Crippen LogP contribution < -0.4 is 5.32 Å². The Bertz CT molecular complexity index is 486. The highest BCUT2D eigenvalue weighted by Gasteiger charge is 2.37.